The van der Waals surface area contributed by atoms with Gasteiger partial charge in [0, 0.05) is 11.1 Å². The van der Waals surface area contributed by atoms with Crippen LogP contribution in [0, 0.1) is 0 Å². The standard InChI is InChI=1S/C14H16N2O2/c15-13(9-5-1-3-7-11(9)17)14(16)10-6-2-4-8-12(10)18/h1-8,13-14,17-18H,15-16H2/t13-,14-/m0/s1. The predicted molar refractivity (Wildman–Crippen MR) is 70.1 cm³/mol. The first-order chi connectivity index (χ1) is 8.61. The highest BCUT2D eigenvalue weighted by molar-refractivity contribution is 5.40. The highest BCUT2D eigenvalue weighted by Gasteiger charge is 2.21. The monoisotopic (exact) mass is 244 g/mol. The van der Waals surface area contributed by atoms with Crippen molar-refractivity contribution in [3.05, 3.63) is 59.7 Å². The van der Waals surface area contributed by atoms with Crippen LogP contribution in [0.15, 0.2) is 48.5 Å². The number of hydrogen-bond donors (Lipinski definition) is 4. The normalized spacial score (nSPS) is 14.1. The lowest BCUT2D eigenvalue weighted by Crippen LogP contribution is -2.26. The van der Waals surface area contributed by atoms with Gasteiger partial charge in [-0.05, 0) is 12.1 Å². The molecule has 0 aliphatic heterocycles. The zero-order valence-electron chi connectivity index (χ0n) is 9.82. The SMILES string of the molecule is N[C@@H](c1ccccc1O)[C@@H](N)c1ccccc1O. The first-order valence-corrected chi connectivity index (χ1v) is 5.68. The van der Waals surface area contributed by atoms with Crippen molar-refractivity contribution in [3.8, 4) is 11.5 Å². The van der Waals surface area contributed by atoms with Crippen molar-refractivity contribution in [3.63, 3.8) is 0 Å². The van der Waals surface area contributed by atoms with E-state index in [0.717, 1.165) is 0 Å². The van der Waals surface area contributed by atoms with Crippen LogP contribution in [0.3, 0.4) is 0 Å². The second kappa shape index (κ2) is 5.08. The molecule has 94 valence electrons. The predicted octanol–water partition coefficient (Wildman–Crippen LogP) is 1.80. The summed E-state index contributed by atoms with van der Waals surface area (Å²) in [6.07, 6.45) is 0. The van der Waals surface area contributed by atoms with Gasteiger partial charge in [0.05, 0.1) is 12.1 Å². The average molecular weight is 244 g/mol. The molecule has 2 aromatic carbocycles. The quantitative estimate of drug-likeness (QED) is 0.662. The van der Waals surface area contributed by atoms with Gasteiger partial charge in [-0.1, -0.05) is 36.4 Å². The highest BCUT2D eigenvalue weighted by atomic mass is 16.3. The fourth-order valence-corrected chi connectivity index (χ4v) is 1.93. The molecular formula is C14H16N2O2. The summed E-state index contributed by atoms with van der Waals surface area (Å²) >= 11 is 0. The van der Waals surface area contributed by atoms with Crippen LogP contribution in [0.2, 0.25) is 0 Å². The molecule has 0 spiro atoms. The van der Waals surface area contributed by atoms with Crippen molar-refractivity contribution in [1.29, 1.82) is 0 Å². The minimum Gasteiger partial charge on any atom is -0.508 e. The fourth-order valence-electron chi connectivity index (χ4n) is 1.93. The van der Waals surface area contributed by atoms with Gasteiger partial charge in [0.25, 0.3) is 0 Å². The van der Waals surface area contributed by atoms with Crippen LogP contribution in [0.4, 0.5) is 0 Å². The summed E-state index contributed by atoms with van der Waals surface area (Å²) in [6, 6.07) is 12.4. The Morgan fingerprint density at radius 1 is 0.667 bits per heavy atom. The molecular weight excluding hydrogens is 228 g/mol. The first kappa shape index (κ1) is 12.4. The number of para-hydroxylation sites is 2. The van der Waals surface area contributed by atoms with Gasteiger partial charge in [-0.25, -0.2) is 0 Å². The maximum atomic E-state index is 9.75. The molecule has 4 heteroatoms. The third kappa shape index (κ3) is 2.30. The van der Waals surface area contributed by atoms with Crippen LogP contribution in [0.5, 0.6) is 11.5 Å². The Kier molecular flexibility index (Phi) is 3.50. The van der Waals surface area contributed by atoms with Crippen LogP contribution in [-0.4, -0.2) is 10.2 Å². The maximum absolute atomic E-state index is 9.75. The van der Waals surface area contributed by atoms with E-state index in [1.807, 2.05) is 0 Å². The summed E-state index contributed by atoms with van der Waals surface area (Å²) < 4.78 is 0. The third-order valence-corrected chi connectivity index (χ3v) is 2.98. The topological polar surface area (TPSA) is 92.5 Å². The van der Waals surface area contributed by atoms with Crippen molar-refractivity contribution < 1.29 is 10.2 Å². The highest BCUT2D eigenvalue weighted by Crippen LogP contribution is 2.33. The van der Waals surface area contributed by atoms with Crippen molar-refractivity contribution in [2.24, 2.45) is 11.5 Å². The molecule has 0 fully saturated rings. The molecule has 0 aliphatic rings. The smallest absolute Gasteiger partial charge is 0.120 e. The minimum atomic E-state index is -0.584. The number of nitrogens with two attached hydrogens (primary N) is 2. The molecule has 0 saturated heterocycles. The molecule has 0 heterocycles. The largest absolute Gasteiger partial charge is 0.508 e. The summed E-state index contributed by atoms with van der Waals surface area (Å²) in [5, 5.41) is 19.5. The lowest BCUT2D eigenvalue weighted by atomic mass is 9.94. The Morgan fingerprint density at radius 3 is 1.33 bits per heavy atom. The van der Waals surface area contributed by atoms with Crippen molar-refractivity contribution in [2.45, 2.75) is 12.1 Å². The maximum Gasteiger partial charge on any atom is 0.120 e. The number of hydrogen-bond acceptors (Lipinski definition) is 4. The van der Waals surface area contributed by atoms with Crippen molar-refractivity contribution in [1.82, 2.24) is 0 Å². The fraction of sp³-hybridized carbons (Fsp3) is 0.143. The van der Waals surface area contributed by atoms with E-state index in [-0.39, 0.29) is 11.5 Å². The molecule has 0 radical (unpaired) electrons. The van der Waals surface area contributed by atoms with Gasteiger partial charge in [0.15, 0.2) is 0 Å². The van der Waals surface area contributed by atoms with Gasteiger partial charge < -0.3 is 21.7 Å². The summed E-state index contributed by atoms with van der Waals surface area (Å²) in [5.41, 5.74) is 13.2. The Hall–Kier alpha value is -2.04. The Bertz CT molecular complexity index is 493. The van der Waals surface area contributed by atoms with E-state index >= 15 is 0 Å². The molecule has 18 heavy (non-hydrogen) atoms. The van der Waals surface area contributed by atoms with Gasteiger partial charge >= 0.3 is 0 Å². The molecule has 6 N–H and O–H groups in total. The minimum absolute atomic E-state index is 0.107. The molecule has 0 aliphatic carbocycles. The van der Waals surface area contributed by atoms with E-state index in [4.69, 9.17) is 11.5 Å². The van der Waals surface area contributed by atoms with Crippen LogP contribution in [-0.2, 0) is 0 Å². The molecule has 0 saturated carbocycles. The Morgan fingerprint density at radius 2 is 1.00 bits per heavy atom. The van der Waals surface area contributed by atoms with Crippen LogP contribution in [0.25, 0.3) is 0 Å². The number of phenols is 2. The second-order valence-corrected chi connectivity index (χ2v) is 4.17. The van der Waals surface area contributed by atoms with Gasteiger partial charge in [0.1, 0.15) is 11.5 Å². The Labute approximate surface area is 105 Å². The summed E-state index contributed by atoms with van der Waals surface area (Å²) in [4.78, 5) is 0. The zero-order valence-corrected chi connectivity index (χ0v) is 9.82. The van der Waals surface area contributed by atoms with Gasteiger partial charge in [-0.2, -0.15) is 0 Å². The summed E-state index contributed by atoms with van der Waals surface area (Å²) in [7, 11) is 0. The Balaban J connectivity index is 2.33. The van der Waals surface area contributed by atoms with Crippen molar-refractivity contribution in [2.75, 3.05) is 0 Å². The first-order valence-electron chi connectivity index (χ1n) is 5.68. The molecule has 2 aromatic rings. The number of phenolic OH excluding ortho intramolecular Hbond substituents is 2. The van der Waals surface area contributed by atoms with E-state index in [0.29, 0.717) is 11.1 Å². The molecule has 0 unspecified atom stereocenters. The van der Waals surface area contributed by atoms with Gasteiger partial charge in [-0.15, -0.1) is 0 Å². The van der Waals surface area contributed by atoms with Gasteiger partial charge in [0.2, 0.25) is 0 Å². The second-order valence-electron chi connectivity index (χ2n) is 4.17. The van der Waals surface area contributed by atoms with Gasteiger partial charge in [-0.3, -0.25) is 0 Å². The summed E-state index contributed by atoms with van der Waals surface area (Å²) in [5.74, 6) is 0.215. The molecule has 0 aromatic heterocycles. The third-order valence-electron chi connectivity index (χ3n) is 2.98. The van der Waals surface area contributed by atoms with E-state index in [1.165, 1.54) is 0 Å². The molecule has 4 nitrogen and oxygen atoms in total. The zero-order chi connectivity index (χ0) is 13.1. The van der Waals surface area contributed by atoms with E-state index in [1.54, 1.807) is 48.5 Å². The summed E-state index contributed by atoms with van der Waals surface area (Å²) in [6.45, 7) is 0. The molecule has 2 atom stereocenters. The average Bonchev–Trinajstić information content (AvgIpc) is 2.38. The molecule has 0 bridgehead atoms. The van der Waals surface area contributed by atoms with E-state index in [9.17, 15) is 10.2 Å². The van der Waals surface area contributed by atoms with Crippen LogP contribution in [0.1, 0.15) is 23.2 Å². The number of benzene rings is 2. The van der Waals surface area contributed by atoms with Crippen molar-refractivity contribution >= 4 is 0 Å². The van der Waals surface area contributed by atoms with E-state index in [2.05, 4.69) is 0 Å². The van der Waals surface area contributed by atoms with Crippen LogP contribution >= 0.6 is 0 Å². The lowest BCUT2D eigenvalue weighted by molar-refractivity contribution is 0.436. The number of aromatic hydroxyl groups is 2. The molecule has 2 rings (SSSR count). The molecule has 0 amide bonds. The number of rotatable bonds is 3. The van der Waals surface area contributed by atoms with Crippen LogP contribution < -0.4 is 11.5 Å². The lowest BCUT2D eigenvalue weighted by Gasteiger charge is -2.22. The van der Waals surface area contributed by atoms with E-state index < -0.39 is 12.1 Å².